The Morgan fingerprint density at radius 1 is 1.44 bits per heavy atom. The second kappa shape index (κ2) is 6.22. The molecule has 0 heterocycles. The minimum absolute atomic E-state index is 0.330. The highest BCUT2D eigenvalue weighted by atomic mass is 16.5. The van der Waals surface area contributed by atoms with Gasteiger partial charge in [0.05, 0.1) is 6.07 Å². The summed E-state index contributed by atoms with van der Waals surface area (Å²) in [6, 6.07) is 2.66. The van der Waals surface area contributed by atoms with Crippen LogP contribution in [0, 0.1) is 17.2 Å². The van der Waals surface area contributed by atoms with Crippen LogP contribution in [0.1, 0.15) is 46.5 Å². The fourth-order valence-corrected chi connectivity index (χ4v) is 1.83. The lowest BCUT2D eigenvalue weighted by atomic mass is 9.99. The quantitative estimate of drug-likeness (QED) is 0.644. The molecule has 1 aliphatic carbocycles. The third kappa shape index (κ3) is 5.48. The Hall–Kier alpha value is -0.590. The highest BCUT2D eigenvalue weighted by molar-refractivity contribution is 5.04. The molecule has 1 rings (SSSR count). The van der Waals surface area contributed by atoms with Crippen LogP contribution in [0.2, 0.25) is 0 Å². The van der Waals surface area contributed by atoms with Crippen LogP contribution in [0.25, 0.3) is 0 Å². The maximum atomic E-state index is 9.12. The van der Waals surface area contributed by atoms with Crippen LogP contribution in [0.4, 0.5) is 0 Å². The Bertz CT molecular complexity index is 243. The number of nitrogens with one attached hydrogen (secondary N) is 1. The molecule has 1 saturated carbocycles. The molecule has 3 heteroatoms. The number of rotatable bonds is 8. The fraction of sp³-hybridized carbons (Fsp3) is 0.923. The molecule has 0 aliphatic heterocycles. The normalized spacial score (nSPS) is 19.4. The van der Waals surface area contributed by atoms with E-state index in [9.17, 15) is 0 Å². The standard InChI is InChI=1S/C13H24N2O/c1-11(2)15-13(3,10-14)7-9-16-8-6-12-4-5-12/h11-12,15H,4-9H2,1-3H3. The first-order chi connectivity index (χ1) is 7.56. The zero-order valence-electron chi connectivity index (χ0n) is 10.8. The van der Waals surface area contributed by atoms with E-state index in [4.69, 9.17) is 10.00 Å². The Morgan fingerprint density at radius 3 is 2.62 bits per heavy atom. The Morgan fingerprint density at radius 2 is 2.12 bits per heavy atom. The summed E-state index contributed by atoms with van der Waals surface area (Å²) in [4.78, 5) is 0. The summed E-state index contributed by atoms with van der Waals surface area (Å²) < 4.78 is 5.57. The van der Waals surface area contributed by atoms with E-state index in [-0.39, 0.29) is 0 Å². The molecule has 1 fully saturated rings. The van der Waals surface area contributed by atoms with Gasteiger partial charge in [-0.15, -0.1) is 0 Å². The SMILES string of the molecule is CC(C)NC(C)(C#N)CCOCCC1CC1. The molecule has 1 aliphatic rings. The molecule has 0 saturated heterocycles. The van der Waals surface area contributed by atoms with Gasteiger partial charge in [-0.1, -0.05) is 12.8 Å². The van der Waals surface area contributed by atoms with Crippen LogP contribution < -0.4 is 5.32 Å². The van der Waals surface area contributed by atoms with Gasteiger partial charge in [-0.3, -0.25) is 5.32 Å². The first kappa shape index (κ1) is 13.5. The van der Waals surface area contributed by atoms with Crippen molar-refractivity contribution in [1.82, 2.24) is 5.32 Å². The molecule has 0 aromatic rings. The molecular formula is C13H24N2O. The summed E-state index contributed by atoms with van der Waals surface area (Å²) in [6.45, 7) is 7.59. The smallest absolute Gasteiger partial charge is 0.106 e. The topological polar surface area (TPSA) is 45.0 Å². The summed E-state index contributed by atoms with van der Waals surface area (Å²) >= 11 is 0. The van der Waals surface area contributed by atoms with Gasteiger partial charge in [0, 0.05) is 25.7 Å². The van der Waals surface area contributed by atoms with Gasteiger partial charge < -0.3 is 4.74 Å². The van der Waals surface area contributed by atoms with Crippen LogP contribution >= 0.6 is 0 Å². The predicted octanol–water partition coefficient (Wildman–Crippen LogP) is 2.47. The molecule has 3 nitrogen and oxygen atoms in total. The van der Waals surface area contributed by atoms with Crippen molar-refractivity contribution in [2.45, 2.75) is 58.0 Å². The van der Waals surface area contributed by atoms with Gasteiger partial charge in [0.2, 0.25) is 0 Å². The summed E-state index contributed by atoms with van der Waals surface area (Å²) in [5.41, 5.74) is -0.451. The van der Waals surface area contributed by atoms with Gasteiger partial charge in [-0.25, -0.2) is 0 Å². The summed E-state index contributed by atoms with van der Waals surface area (Å²) in [5.74, 6) is 0.927. The fourth-order valence-electron chi connectivity index (χ4n) is 1.83. The predicted molar refractivity (Wildman–Crippen MR) is 65.1 cm³/mol. The lowest BCUT2D eigenvalue weighted by Gasteiger charge is -2.25. The van der Waals surface area contributed by atoms with Crippen molar-refractivity contribution < 1.29 is 4.74 Å². The average molecular weight is 224 g/mol. The first-order valence-electron chi connectivity index (χ1n) is 6.32. The minimum atomic E-state index is -0.451. The average Bonchev–Trinajstić information content (AvgIpc) is 3.00. The van der Waals surface area contributed by atoms with Gasteiger partial charge in [-0.2, -0.15) is 5.26 Å². The molecular weight excluding hydrogens is 200 g/mol. The third-order valence-corrected chi connectivity index (χ3v) is 2.97. The van der Waals surface area contributed by atoms with E-state index in [1.807, 2.05) is 6.92 Å². The number of hydrogen-bond acceptors (Lipinski definition) is 3. The molecule has 0 aromatic heterocycles. The van der Waals surface area contributed by atoms with Crippen LogP contribution in [0.3, 0.4) is 0 Å². The summed E-state index contributed by atoms with van der Waals surface area (Å²) in [6.07, 6.45) is 4.72. The van der Waals surface area contributed by atoms with Gasteiger partial charge in [0.25, 0.3) is 0 Å². The molecule has 0 radical (unpaired) electrons. The van der Waals surface area contributed by atoms with E-state index in [0.717, 1.165) is 18.9 Å². The molecule has 1 N–H and O–H groups in total. The molecule has 1 atom stereocenters. The minimum Gasteiger partial charge on any atom is -0.381 e. The van der Waals surface area contributed by atoms with Gasteiger partial charge >= 0.3 is 0 Å². The number of nitrogens with zero attached hydrogens (tertiary/aromatic N) is 1. The molecule has 1 unspecified atom stereocenters. The van der Waals surface area contributed by atoms with E-state index in [0.29, 0.717) is 12.6 Å². The Balaban J connectivity index is 2.09. The zero-order chi connectivity index (χ0) is 12.0. The van der Waals surface area contributed by atoms with Crippen molar-refractivity contribution in [3.05, 3.63) is 0 Å². The van der Waals surface area contributed by atoms with Crippen LogP contribution in [-0.4, -0.2) is 24.8 Å². The van der Waals surface area contributed by atoms with E-state index < -0.39 is 5.54 Å². The number of nitriles is 1. The van der Waals surface area contributed by atoms with Crippen molar-refractivity contribution in [1.29, 1.82) is 5.26 Å². The van der Waals surface area contributed by atoms with E-state index in [1.54, 1.807) is 0 Å². The lowest BCUT2D eigenvalue weighted by Crippen LogP contribution is -2.45. The van der Waals surface area contributed by atoms with Crippen molar-refractivity contribution in [3.8, 4) is 6.07 Å². The second-order valence-electron chi connectivity index (χ2n) is 5.34. The monoisotopic (exact) mass is 224 g/mol. The summed E-state index contributed by atoms with van der Waals surface area (Å²) in [7, 11) is 0. The summed E-state index contributed by atoms with van der Waals surface area (Å²) in [5, 5.41) is 12.4. The third-order valence-electron chi connectivity index (χ3n) is 2.97. The molecule has 16 heavy (non-hydrogen) atoms. The number of hydrogen-bond donors (Lipinski definition) is 1. The molecule has 0 amide bonds. The maximum absolute atomic E-state index is 9.12. The highest BCUT2D eigenvalue weighted by Gasteiger charge is 2.24. The molecule has 0 aromatic carbocycles. The second-order valence-corrected chi connectivity index (χ2v) is 5.34. The maximum Gasteiger partial charge on any atom is 0.106 e. The number of ether oxygens (including phenoxy) is 1. The van der Waals surface area contributed by atoms with Crippen molar-refractivity contribution in [2.24, 2.45) is 5.92 Å². The van der Waals surface area contributed by atoms with Crippen LogP contribution in [-0.2, 0) is 4.74 Å². The molecule has 0 spiro atoms. The van der Waals surface area contributed by atoms with Crippen LogP contribution in [0.5, 0.6) is 0 Å². The van der Waals surface area contributed by atoms with Gasteiger partial charge in [-0.05, 0) is 33.1 Å². The Labute approximate surface area is 99.2 Å². The van der Waals surface area contributed by atoms with Gasteiger partial charge in [0.1, 0.15) is 5.54 Å². The largest absolute Gasteiger partial charge is 0.381 e. The highest BCUT2D eigenvalue weighted by Crippen LogP contribution is 2.32. The van der Waals surface area contributed by atoms with Gasteiger partial charge in [0.15, 0.2) is 0 Å². The van der Waals surface area contributed by atoms with E-state index in [1.165, 1.54) is 19.3 Å². The van der Waals surface area contributed by atoms with E-state index >= 15 is 0 Å². The van der Waals surface area contributed by atoms with Crippen molar-refractivity contribution >= 4 is 0 Å². The first-order valence-corrected chi connectivity index (χ1v) is 6.32. The van der Waals surface area contributed by atoms with Crippen LogP contribution in [0.15, 0.2) is 0 Å². The molecule has 92 valence electrons. The zero-order valence-corrected chi connectivity index (χ0v) is 10.8. The molecule has 0 bridgehead atoms. The van der Waals surface area contributed by atoms with Crippen molar-refractivity contribution in [2.75, 3.05) is 13.2 Å². The van der Waals surface area contributed by atoms with Crippen molar-refractivity contribution in [3.63, 3.8) is 0 Å². The lowest BCUT2D eigenvalue weighted by molar-refractivity contribution is 0.112. The van der Waals surface area contributed by atoms with E-state index in [2.05, 4.69) is 25.2 Å². The Kier molecular flexibility index (Phi) is 5.24.